The third-order valence-corrected chi connectivity index (χ3v) is 2.89. The molecular formula is C14H26N4O2. The van der Waals surface area contributed by atoms with E-state index in [1.165, 1.54) is 0 Å². The standard InChI is InChI=1S/C14H26N4O2/c1-7-10(2)15-8-11-9-16-18(6)12(11)17-13(19)20-14(3,4)5/h9-10,15H,7-8H2,1-6H3,(H,17,19). The van der Waals surface area contributed by atoms with Crippen LogP contribution in [0.4, 0.5) is 10.6 Å². The van der Waals surface area contributed by atoms with Crippen molar-refractivity contribution in [3.05, 3.63) is 11.8 Å². The monoisotopic (exact) mass is 282 g/mol. The summed E-state index contributed by atoms with van der Waals surface area (Å²) in [5.41, 5.74) is 0.427. The fourth-order valence-electron chi connectivity index (χ4n) is 1.60. The summed E-state index contributed by atoms with van der Waals surface area (Å²) in [6, 6.07) is 0.421. The van der Waals surface area contributed by atoms with Gasteiger partial charge in [-0.1, -0.05) is 6.92 Å². The van der Waals surface area contributed by atoms with Crippen LogP contribution in [0.15, 0.2) is 6.20 Å². The van der Waals surface area contributed by atoms with Crippen molar-refractivity contribution in [2.45, 2.75) is 59.2 Å². The van der Waals surface area contributed by atoms with Crippen LogP contribution in [0, 0.1) is 0 Å². The molecule has 1 aromatic heterocycles. The molecular weight excluding hydrogens is 256 g/mol. The van der Waals surface area contributed by atoms with Crippen LogP contribution in [-0.2, 0) is 18.3 Å². The zero-order valence-corrected chi connectivity index (χ0v) is 13.3. The highest BCUT2D eigenvalue weighted by Gasteiger charge is 2.19. The van der Waals surface area contributed by atoms with E-state index >= 15 is 0 Å². The number of nitrogens with one attached hydrogen (secondary N) is 2. The van der Waals surface area contributed by atoms with Gasteiger partial charge < -0.3 is 10.1 Å². The Morgan fingerprint density at radius 2 is 2.15 bits per heavy atom. The quantitative estimate of drug-likeness (QED) is 0.871. The summed E-state index contributed by atoms with van der Waals surface area (Å²) in [6.45, 7) is 10.4. The normalized spacial score (nSPS) is 13.1. The molecule has 20 heavy (non-hydrogen) atoms. The first-order valence-electron chi connectivity index (χ1n) is 6.97. The second-order valence-corrected chi connectivity index (χ2v) is 5.96. The first-order valence-corrected chi connectivity index (χ1v) is 6.97. The second-order valence-electron chi connectivity index (χ2n) is 5.96. The Bertz CT molecular complexity index is 449. The topological polar surface area (TPSA) is 68.2 Å². The van der Waals surface area contributed by atoms with E-state index in [1.54, 1.807) is 17.9 Å². The van der Waals surface area contributed by atoms with Crippen LogP contribution < -0.4 is 10.6 Å². The van der Waals surface area contributed by atoms with Crippen molar-refractivity contribution < 1.29 is 9.53 Å². The van der Waals surface area contributed by atoms with Gasteiger partial charge in [0.05, 0.1) is 6.20 Å². The molecule has 0 aliphatic rings. The molecule has 0 fully saturated rings. The van der Waals surface area contributed by atoms with Gasteiger partial charge in [-0.3, -0.25) is 10.00 Å². The van der Waals surface area contributed by atoms with Gasteiger partial charge >= 0.3 is 6.09 Å². The molecule has 1 amide bonds. The highest BCUT2D eigenvalue weighted by atomic mass is 16.6. The number of hydrogen-bond acceptors (Lipinski definition) is 4. The number of ether oxygens (including phenoxy) is 1. The van der Waals surface area contributed by atoms with Gasteiger partial charge in [0.15, 0.2) is 0 Å². The summed E-state index contributed by atoms with van der Waals surface area (Å²) >= 11 is 0. The third kappa shape index (κ3) is 5.21. The molecule has 0 aliphatic heterocycles. The van der Waals surface area contributed by atoms with Gasteiger partial charge in [-0.2, -0.15) is 5.10 Å². The first-order chi connectivity index (χ1) is 9.23. The van der Waals surface area contributed by atoms with E-state index in [4.69, 9.17) is 4.74 Å². The van der Waals surface area contributed by atoms with E-state index in [9.17, 15) is 4.79 Å². The second kappa shape index (κ2) is 6.74. The zero-order chi connectivity index (χ0) is 15.3. The van der Waals surface area contributed by atoms with Gasteiger partial charge in [-0.05, 0) is 34.1 Å². The Kier molecular flexibility index (Phi) is 5.56. The molecule has 6 heteroatoms. The summed E-state index contributed by atoms with van der Waals surface area (Å²) in [7, 11) is 1.79. The van der Waals surface area contributed by atoms with Crippen LogP contribution in [0.5, 0.6) is 0 Å². The lowest BCUT2D eigenvalue weighted by Gasteiger charge is -2.20. The van der Waals surface area contributed by atoms with Gasteiger partial charge in [0.1, 0.15) is 11.4 Å². The fraction of sp³-hybridized carbons (Fsp3) is 0.714. The summed E-state index contributed by atoms with van der Waals surface area (Å²) in [5, 5.41) is 10.3. The summed E-state index contributed by atoms with van der Waals surface area (Å²) in [6.07, 6.45) is 2.34. The highest BCUT2D eigenvalue weighted by molar-refractivity contribution is 5.84. The number of hydrogen-bond donors (Lipinski definition) is 2. The van der Waals surface area contributed by atoms with Gasteiger partial charge in [-0.15, -0.1) is 0 Å². The summed E-state index contributed by atoms with van der Waals surface area (Å²) < 4.78 is 6.89. The highest BCUT2D eigenvalue weighted by Crippen LogP contribution is 2.16. The van der Waals surface area contributed by atoms with Gasteiger partial charge in [0, 0.05) is 25.2 Å². The Labute approximate surface area is 120 Å². The van der Waals surface area contributed by atoms with Crippen molar-refractivity contribution in [1.82, 2.24) is 15.1 Å². The Balaban J connectivity index is 2.69. The smallest absolute Gasteiger partial charge is 0.413 e. The van der Waals surface area contributed by atoms with Gasteiger partial charge in [0.25, 0.3) is 0 Å². The third-order valence-electron chi connectivity index (χ3n) is 2.89. The van der Waals surface area contributed by atoms with Crippen LogP contribution in [-0.4, -0.2) is 27.5 Å². The SMILES string of the molecule is CCC(C)NCc1cnn(C)c1NC(=O)OC(C)(C)C. The fourth-order valence-corrected chi connectivity index (χ4v) is 1.60. The summed E-state index contributed by atoms with van der Waals surface area (Å²) in [4.78, 5) is 11.8. The molecule has 1 rings (SSSR count). The van der Waals surface area contributed by atoms with Crippen LogP contribution >= 0.6 is 0 Å². The van der Waals surface area contributed by atoms with Crippen LogP contribution in [0.3, 0.4) is 0 Å². The number of rotatable bonds is 5. The number of amides is 1. The minimum atomic E-state index is -0.516. The largest absolute Gasteiger partial charge is 0.444 e. The molecule has 0 bridgehead atoms. The predicted molar refractivity (Wildman–Crippen MR) is 79.7 cm³/mol. The Morgan fingerprint density at radius 1 is 1.50 bits per heavy atom. The van der Waals surface area contributed by atoms with Crippen LogP contribution in [0.1, 0.15) is 46.6 Å². The number of carbonyl (C=O) groups is 1. The minimum absolute atomic E-state index is 0.421. The Hall–Kier alpha value is -1.56. The van der Waals surface area contributed by atoms with Gasteiger partial charge in [0.2, 0.25) is 0 Å². The molecule has 0 spiro atoms. The van der Waals surface area contributed by atoms with E-state index in [0.717, 1.165) is 12.0 Å². The maximum Gasteiger partial charge on any atom is 0.413 e. The van der Waals surface area contributed by atoms with Crippen molar-refractivity contribution in [1.29, 1.82) is 0 Å². The number of anilines is 1. The number of aromatic nitrogens is 2. The van der Waals surface area contributed by atoms with Crippen molar-refractivity contribution in [3.8, 4) is 0 Å². The number of carbonyl (C=O) groups excluding carboxylic acids is 1. The molecule has 1 unspecified atom stereocenters. The molecule has 0 radical (unpaired) electrons. The Morgan fingerprint density at radius 3 is 2.70 bits per heavy atom. The molecule has 1 aromatic rings. The van der Waals surface area contributed by atoms with Crippen molar-refractivity contribution in [2.75, 3.05) is 5.32 Å². The van der Waals surface area contributed by atoms with Crippen molar-refractivity contribution in [2.24, 2.45) is 7.05 Å². The lowest BCUT2D eigenvalue weighted by atomic mass is 10.2. The number of nitrogens with zero attached hydrogens (tertiary/aromatic N) is 2. The van der Waals surface area contributed by atoms with Crippen molar-refractivity contribution in [3.63, 3.8) is 0 Å². The molecule has 0 aromatic carbocycles. The van der Waals surface area contributed by atoms with E-state index < -0.39 is 11.7 Å². The van der Waals surface area contributed by atoms with E-state index in [2.05, 4.69) is 29.6 Å². The first kappa shape index (κ1) is 16.5. The molecule has 0 saturated heterocycles. The van der Waals surface area contributed by atoms with Crippen LogP contribution in [0.2, 0.25) is 0 Å². The lowest BCUT2D eigenvalue weighted by molar-refractivity contribution is 0.0634. The molecule has 1 heterocycles. The molecule has 2 N–H and O–H groups in total. The minimum Gasteiger partial charge on any atom is -0.444 e. The van der Waals surface area contributed by atoms with E-state index in [-0.39, 0.29) is 0 Å². The van der Waals surface area contributed by atoms with E-state index in [1.807, 2.05) is 20.8 Å². The lowest BCUT2D eigenvalue weighted by Crippen LogP contribution is -2.29. The molecule has 114 valence electrons. The van der Waals surface area contributed by atoms with Crippen molar-refractivity contribution >= 4 is 11.9 Å². The van der Waals surface area contributed by atoms with E-state index in [0.29, 0.717) is 18.4 Å². The maximum absolute atomic E-state index is 11.8. The molecule has 1 atom stereocenters. The average Bonchev–Trinajstić information content (AvgIpc) is 2.65. The number of aryl methyl sites for hydroxylation is 1. The maximum atomic E-state index is 11.8. The predicted octanol–water partition coefficient (Wildman–Crippen LogP) is 2.66. The van der Waals surface area contributed by atoms with Crippen LogP contribution in [0.25, 0.3) is 0 Å². The van der Waals surface area contributed by atoms with Gasteiger partial charge in [-0.25, -0.2) is 4.79 Å². The summed E-state index contributed by atoms with van der Waals surface area (Å²) in [5.74, 6) is 0.662. The molecule has 0 aliphatic carbocycles. The molecule has 0 saturated carbocycles. The molecule has 6 nitrogen and oxygen atoms in total. The average molecular weight is 282 g/mol. The zero-order valence-electron chi connectivity index (χ0n) is 13.3.